The van der Waals surface area contributed by atoms with Gasteiger partial charge in [-0.05, 0) is 6.92 Å². The number of nitrogens with one attached hydrogen (secondary N) is 1. The molecule has 0 aliphatic carbocycles. The van der Waals surface area contributed by atoms with Gasteiger partial charge >= 0.3 is 5.97 Å². The van der Waals surface area contributed by atoms with E-state index in [1.165, 1.54) is 0 Å². The summed E-state index contributed by atoms with van der Waals surface area (Å²) in [5.41, 5.74) is -0.479. The minimum Gasteiger partial charge on any atom is -0.460 e. The third-order valence-corrected chi connectivity index (χ3v) is 1.04. The van der Waals surface area contributed by atoms with Crippen molar-refractivity contribution in [2.75, 3.05) is 6.61 Å². The Morgan fingerprint density at radius 2 is 2.50 bits per heavy atom. The number of hydrogen-bond acceptors (Lipinski definition) is 5. The Hall–Kier alpha value is -1.72. The molecule has 0 saturated carbocycles. The Morgan fingerprint density at radius 1 is 1.75 bits per heavy atom. The number of aromatic amines is 1. The van der Waals surface area contributed by atoms with Gasteiger partial charge in [-0.1, -0.05) is 0 Å². The normalized spacial score (nSPS) is 9.42. The first-order chi connectivity index (χ1) is 5.74. The molecule has 0 aliphatic heterocycles. The summed E-state index contributed by atoms with van der Waals surface area (Å²) in [5.74, 6) is -0.855. The number of aromatic nitrogens is 3. The van der Waals surface area contributed by atoms with E-state index in [2.05, 4.69) is 19.9 Å². The van der Waals surface area contributed by atoms with Gasteiger partial charge in [0, 0.05) is 0 Å². The van der Waals surface area contributed by atoms with E-state index >= 15 is 0 Å². The van der Waals surface area contributed by atoms with Gasteiger partial charge in [-0.25, -0.2) is 4.79 Å². The highest BCUT2D eigenvalue weighted by atomic mass is 16.5. The largest absolute Gasteiger partial charge is 0.460 e. The van der Waals surface area contributed by atoms with Crippen LogP contribution in [0.25, 0.3) is 0 Å². The number of esters is 1. The van der Waals surface area contributed by atoms with Crippen molar-refractivity contribution in [3.05, 3.63) is 22.4 Å². The highest BCUT2D eigenvalue weighted by Gasteiger charge is 2.08. The zero-order chi connectivity index (χ0) is 8.97. The van der Waals surface area contributed by atoms with Crippen LogP contribution >= 0.6 is 0 Å². The first-order valence-electron chi connectivity index (χ1n) is 3.33. The molecule has 1 heterocycles. The SMILES string of the molecule is CCOC(=O)c1nncc(=O)[nH]1. The fourth-order valence-electron chi connectivity index (χ4n) is 0.604. The summed E-state index contributed by atoms with van der Waals surface area (Å²) in [5, 5.41) is 6.67. The van der Waals surface area contributed by atoms with Crippen molar-refractivity contribution in [1.82, 2.24) is 15.2 Å². The highest BCUT2D eigenvalue weighted by Crippen LogP contribution is 1.86. The van der Waals surface area contributed by atoms with E-state index in [0.29, 0.717) is 0 Å². The summed E-state index contributed by atoms with van der Waals surface area (Å²) in [4.78, 5) is 23.7. The molecule has 0 aliphatic rings. The molecular weight excluding hydrogens is 162 g/mol. The molecule has 0 unspecified atom stereocenters. The second-order valence-electron chi connectivity index (χ2n) is 1.90. The van der Waals surface area contributed by atoms with E-state index in [4.69, 9.17) is 0 Å². The summed E-state index contributed by atoms with van der Waals surface area (Å²) >= 11 is 0. The smallest absolute Gasteiger partial charge is 0.376 e. The lowest BCUT2D eigenvalue weighted by atomic mass is 10.6. The van der Waals surface area contributed by atoms with Crippen LogP contribution in [0.4, 0.5) is 0 Å². The lowest BCUT2D eigenvalue weighted by Crippen LogP contribution is -2.17. The molecule has 1 aromatic heterocycles. The van der Waals surface area contributed by atoms with Crippen LogP contribution in [0.15, 0.2) is 11.0 Å². The zero-order valence-electron chi connectivity index (χ0n) is 6.40. The van der Waals surface area contributed by atoms with Crippen LogP contribution in [0.2, 0.25) is 0 Å². The summed E-state index contributed by atoms with van der Waals surface area (Å²) in [7, 11) is 0. The zero-order valence-corrected chi connectivity index (χ0v) is 6.40. The number of H-pyrrole nitrogens is 1. The summed E-state index contributed by atoms with van der Waals surface area (Å²) < 4.78 is 4.57. The molecule has 6 nitrogen and oxygen atoms in total. The first kappa shape index (κ1) is 8.38. The fourth-order valence-corrected chi connectivity index (χ4v) is 0.604. The van der Waals surface area contributed by atoms with Gasteiger partial charge in [0.15, 0.2) is 0 Å². The molecule has 6 heteroatoms. The van der Waals surface area contributed by atoms with E-state index in [0.717, 1.165) is 6.20 Å². The molecular formula is C6H7N3O3. The number of ether oxygens (including phenoxy) is 1. The van der Waals surface area contributed by atoms with Crippen LogP contribution in [-0.4, -0.2) is 27.8 Å². The summed E-state index contributed by atoms with van der Waals surface area (Å²) in [6, 6.07) is 0. The quantitative estimate of drug-likeness (QED) is 0.594. The second-order valence-corrected chi connectivity index (χ2v) is 1.90. The van der Waals surface area contributed by atoms with Crippen molar-refractivity contribution in [1.29, 1.82) is 0 Å². The van der Waals surface area contributed by atoms with Crippen molar-refractivity contribution in [2.24, 2.45) is 0 Å². The molecule has 0 aromatic carbocycles. The van der Waals surface area contributed by atoms with Gasteiger partial charge < -0.3 is 4.74 Å². The van der Waals surface area contributed by atoms with Crippen LogP contribution in [0, 0.1) is 0 Å². The predicted molar refractivity (Wildman–Crippen MR) is 38.6 cm³/mol. The van der Waals surface area contributed by atoms with Gasteiger partial charge in [0.1, 0.15) is 6.20 Å². The van der Waals surface area contributed by atoms with Crippen LogP contribution in [0.5, 0.6) is 0 Å². The fraction of sp³-hybridized carbons (Fsp3) is 0.333. The van der Waals surface area contributed by atoms with Crippen molar-refractivity contribution in [2.45, 2.75) is 6.92 Å². The van der Waals surface area contributed by atoms with Crippen molar-refractivity contribution in [3.8, 4) is 0 Å². The van der Waals surface area contributed by atoms with Gasteiger partial charge in [-0.3, -0.25) is 9.78 Å². The first-order valence-corrected chi connectivity index (χ1v) is 3.33. The minimum absolute atomic E-state index is 0.177. The Morgan fingerprint density at radius 3 is 3.08 bits per heavy atom. The molecule has 1 N–H and O–H groups in total. The average molecular weight is 169 g/mol. The molecule has 1 aromatic rings. The monoisotopic (exact) mass is 169 g/mol. The van der Waals surface area contributed by atoms with E-state index in [1.807, 2.05) is 0 Å². The second kappa shape index (κ2) is 3.61. The minimum atomic E-state index is -0.678. The van der Waals surface area contributed by atoms with Gasteiger partial charge in [-0.15, -0.1) is 5.10 Å². The topological polar surface area (TPSA) is 84.9 Å². The molecule has 0 radical (unpaired) electrons. The molecule has 0 fully saturated rings. The van der Waals surface area contributed by atoms with Crippen LogP contribution < -0.4 is 5.56 Å². The molecule has 0 spiro atoms. The molecule has 0 saturated heterocycles. The van der Waals surface area contributed by atoms with Gasteiger partial charge in [-0.2, -0.15) is 5.10 Å². The van der Waals surface area contributed by atoms with Crippen LogP contribution in [0.1, 0.15) is 17.5 Å². The van der Waals surface area contributed by atoms with Gasteiger partial charge in [0.2, 0.25) is 5.82 Å². The maximum Gasteiger partial charge on any atom is 0.376 e. The lowest BCUT2D eigenvalue weighted by molar-refractivity contribution is 0.0510. The molecule has 12 heavy (non-hydrogen) atoms. The Kier molecular flexibility index (Phi) is 2.52. The average Bonchev–Trinajstić information content (AvgIpc) is 2.05. The molecule has 64 valence electrons. The van der Waals surface area contributed by atoms with Crippen molar-refractivity contribution in [3.63, 3.8) is 0 Å². The Labute approximate surface area is 67.6 Å². The van der Waals surface area contributed by atoms with Gasteiger partial charge in [0.05, 0.1) is 6.61 Å². The van der Waals surface area contributed by atoms with Gasteiger partial charge in [0.25, 0.3) is 5.56 Å². The standard InChI is InChI=1S/C6H7N3O3/c1-2-12-6(11)5-8-4(10)3-7-9-5/h3H,2H2,1H3,(H,8,9,10). The van der Waals surface area contributed by atoms with E-state index in [1.54, 1.807) is 6.92 Å². The summed E-state index contributed by atoms with van der Waals surface area (Å²) in [6.45, 7) is 1.89. The number of rotatable bonds is 2. The maximum absolute atomic E-state index is 10.9. The number of carbonyl (C=O) groups excluding carboxylic acids is 1. The van der Waals surface area contributed by atoms with E-state index in [9.17, 15) is 9.59 Å². The molecule has 1 rings (SSSR count). The predicted octanol–water partition coefficient (Wildman–Crippen LogP) is -0.658. The third kappa shape index (κ3) is 1.88. The van der Waals surface area contributed by atoms with Crippen molar-refractivity contribution < 1.29 is 9.53 Å². The third-order valence-electron chi connectivity index (χ3n) is 1.04. The van der Waals surface area contributed by atoms with Crippen LogP contribution in [-0.2, 0) is 4.74 Å². The van der Waals surface area contributed by atoms with Crippen LogP contribution in [0.3, 0.4) is 0 Å². The number of nitrogens with zero attached hydrogens (tertiary/aromatic N) is 2. The van der Waals surface area contributed by atoms with Crippen molar-refractivity contribution >= 4 is 5.97 Å². The summed E-state index contributed by atoms with van der Waals surface area (Å²) in [6.07, 6.45) is 0.975. The van der Waals surface area contributed by atoms with E-state index in [-0.39, 0.29) is 12.4 Å². The Bertz CT molecular complexity index is 333. The number of carbonyl (C=O) groups is 1. The molecule has 0 bridgehead atoms. The highest BCUT2D eigenvalue weighted by molar-refractivity contribution is 5.84. The molecule has 0 atom stereocenters. The Balaban J connectivity index is 2.88. The maximum atomic E-state index is 10.9. The van der Waals surface area contributed by atoms with E-state index < -0.39 is 11.5 Å². The lowest BCUT2D eigenvalue weighted by Gasteiger charge is -1.97. The molecule has 0 amide bonds. The number of hydrogen-bond donors (Lipinski definition) is 1.